The monoisotopic (exact) mass is 318 g/mol. The Labute approximate surface area is 132 Å². The minimum atomic E-state index is 0.335. The van der Waals surface area contributed by atoms with Crippen molar-refractivity contribution in [1.82, 2.24) is 10.2 Å². The molecule has 0 spiro atoms. The standard InChI is InChI=1S/C16H12Cl2N2O/c1-9-3-5-12(14(7-9)21-2)15-11-6-4-10(17)8-13(11)16(18)20-19-15/h3-8H,1-2H3. The highest BCUT2D eigenvalue weighted by Gasteiger charge is 2.14. The number of aromatic nitrogens is 2. The van der Waals surface area contributed by atoms with Crippen molar-refractivity contribution in [2.24, 2.45) is 0 Å². The molecule has 0 aliphatic heterocycles. The van der Waals surface area contributed by atoms with Gasteiger partial charge in [0.2, 0.25) is 0 Å². The second-order valence-corrected chi connectivity index (χ2v) is 5.53. The van der Waals surface area contributed by atoms with Crippen LogP contribution in [0, 0.1) is 6.92 Å². The van der Waals surface area contributed by atoms with E-state index in [9.17, 15) is 0 Å². The average Bonchev–Trinajstić information content (AvgIpc) is 2.48. The van der Waals surface area contributed by atoms with E-state index >= 15 is 0 Å². The molecule has 0 amide bonds. The van der Waals surface area contributed by atoms with Crippen LogP contribution in [0.25, 0.3) is 22.0 Å². The van der Waals surface area contributed by atoms with Crippen LogP contribution in [0.4, 0.5) is 0 Å². The van der Waals surface area contributed by atoms with Gasteiger partial charge in [0.1, 0.15) is 11.4 Å². The van der Waals surface area contributed by atoms with E-state index < -0.39 is 0 Å². The minimum absolute atomic E-state index is 0.335. The molecule has 0 atom stereocenters. The molecule has 2 aromatic carbocycles. The number of hydrogen-bond donors (Lipinski definition) is 0. The molecule has 0 bridgehead atoms. The summed E-state index contributed by atoms with van der Waals surface area (Å²) in [6, 6.07) is 11.4. The highest BCUT2D eigenvalue weighted by Crippen LogP contribution is 2.36. The van der Waals surface area contributed by atoms with Gasteiger partial charge in [0.05, 0.1) is 7.11 Å². The minimum Gasteiger partial charge on any atom is -0.496 e. The second kappa shape index (κ2) is 5.51. The zero-order valence-electron chi connectivity index (χ0n) is 11.5. The fourth-order valence-corrected chi connectivity index (χ4v) is 2.65. The highest BCUT2D eigenvalue weighted by molar-refractivity contribution is 6.36. The number of methoxy groups -OCH3 is 1. The fourth-order valence-electron chi connectivity index (χ4n) is 2.29. The molecule has 0 aliphatic carbocycles. The Hall–Kier alpha value is -1.84. The average molecular weight is 319 g/mol. The first-order chi connectivity index (χ1) is 10.1. The van der Waals surface area contributed by atoms with E-state index in [0.717, 1.165) is 33.3 Å². The van der Waals surface area contributed by atoms with Crippen LogP contribution in [0.15, 0.2) is 36.4 Å². The van der Waals surface area contributed by atoms with E-state index in [0.29, 0.717) is 10.2 Å². The van der Waals surface area contributed by atoms with Crippen LogP contribution in [0.3, 0.4) is 0 Å². The van der Waals surface area contributed by atoms with E-state index in [4.69, 9.17) is 27.9 Å². The van der Waals surface area contributed by atoms with Gasteiger partial charge in [-0.25, -0.2) is 0 Å². The van der Waals surface area contributed by atoms with Crippen molar-refractivity contribution in [3.8, 4) is 17.0 Å². The molecule has 5 heteroatoms. The predicted molar refractivity (Wildman–Crippen MR) is 86.3 cm³/mol. The predicted octanol–water partition coefficient (Wildman–Crippen LogP) is 4.92. The number of rotatable bonds is 2. The maximum Gasteiger partial charge on any atom is 0.159 e. The fraction of sp³-hybridized carbons (Fsp3) is 0.125. The lowest BCUT2D eigenvalue weighted by molar-refractivity contribution is 0.416. The van der Waals surface area contributed by atoms with Crippen molar-refractivity contribution in [3.63, 3.8) is 0 Å². The van der Waals surface area contributed by atoms with Crippen LogP contribution in [0.5, 0.6) is 5.75 Å². The Balaban J connectivity index is 2.33. The summed E-state index contributed by atoms with van der Waals surface area (Å²) in [4.78, 5) is 0. The summed E-state index contributed by atoms with van der Waals surface area (Å²) < 4.78 is 5.46. The number of hydrogen-bond acceptors (Lipinski definition) is 3. The SMILES string of the molecule is COc1cc(C)ccc1-c1nnc(Cl)c2cc(Cl)ccc12. The third-order valence-corrected chi connectivity index (χ3v) is 3.82. The van der Waals surface area contributed by atoms with Crippen molar-refractivity contribution in [2.45, 2.75) is 6.92 Å². The number of fused-ring (bicyclic) bond motifs is 1. The lowest BCUT2D eigenvalue weighted by Crippen LogP contribution is -1.95. The zero-order chi connectivity index (χ0) is 15.0. The number of ether oxygens (including phenoxy) is 1. The molecular formula is C16H12Cl2N2O. The largest absolute Gasteiger partial charge is 0.496 e. The van der Waals surface area contributed by atoms with Gasteiger partial charge in [0.25, 0.3) is 0 Å². The molecule has 106 valence electrons. The third kappa shape index (κ3) is 2.55. The first-order valence-electron chi connectivity index (χ1n) is 6.36. The molecular weight excluding hydrogens is 307 g/mol. The lowest BCUT2D eigenvalue weighted by atomic mass is 10.0. The summed E-state index contributed by atoms with van der Waals surface area (Å²) in [6.45, 7) is 2.01. The van der Waals surface area contributed by atoms with E-state index in [1.807, 2.05) is 37.3 Å². The smallest absolute Gasteiger partial charge is 0.159 e. The normalized spacial score (nSPS) is 10.9. The molecule has 3 rings (SSSR count). The molecule has 0 aliphatic rings. The van der Waals surface area contributed by atoms with Crippen molar-refractivity contribution < 1.29 is 4.74 Å². The quantitative estimate of drug-likeness (QED) is 0.672. The molecule has 0 saturated carbocycles. The summed E-state index contributed by atoms with van der Waals surface area (Å²) >= 11 is 12.2. The summed E-state index contributed by atoms with van der Waals surface area (Å²) in [7, 11) is 1.64. The van der Waals surface area contributed by atoms with Crippen molar-refractivity contribution in [3.05, 3.63) is 52.1 Å². The van der Waals surface area contributed by atoms with Gasteiger partial charge in [0, 0.05) is 21.4 Å². The van der Waals surface area contributed by atoms with Gasteiger partial charge in [-0.1, -0.05) is 35.3 Å². The molecule has 0 fully saturated rings. The molecule has 0 radical (unpaired) electrons. The number of benzene rings is 2. The Bertz CT molecular complexity index is 834. The Morgan fingerprint density at radius 2 is 1.76 bits per heavy atom. The maximum absolute atomic E-state index is 6.12. The topological polar surface area (TPSA) is 35.0 Å². The van der Waals surface area contributed by atoms with E-state index in [2.05, 4.69) is 10.2 Å². The Kier molecular flexibility index (Phi) is 3.70. The molecule has 0 unspecified atom stereocenters. The molecule has 3 nitrogen and oxygen atoms in total. The van der Waals surface area contributed by atoms with E-state index in [-0.39, 0.29) is 0 Å². The van der Waals surface area contributed by atoms with Crippen LogP contribution in [-0.4, -0.2) is 17.3 Å². The summed E-state index contributed by atoms with van der Waals surface area (Å²) in [6.07, 6.45) is 0. The highest BCUT2D eigenvalue weighted by atomic mass is 35.5. The van der Waals surface area contributed by atoms with Gasteiger partial charge in [-0.15, -0.1) is 10.2 Å². The van der Waals surface area contributed by atoms with Crippen LogP contribution >= 0.6 is 23.2 Å². The van der Waals surface area contributed by atoms with Crippen LogP contribution in [0.1, 0.15) is 5.56 Å². The zero-order valence-corrected chi connectivity index (χ0v) is 13.0. The molecule has 3 aromatic rings. The van der Waals surface area contributed by atoms with E-state index in [1.54, 1.807) is 13.2 Å². The van der Waals surface area contributed by atoms with Gasteiger partial charge < -0.3 is 4.74 Å². The first kappa shape index (κ1) is 14.1. The van der Waals surface area contributed by atoms with Gasteiger partial charge in [-0.2, -0.15) is 0 Å². The molecule has 0 N–H and O–H groups in total. The third-order valence-electron chi connectivity index (χ3n) is 3.31. The van der Waals surface area contributed by atoms with Gasteiger partial charge in [-0.3, -0.25) is 0 Å². The molecule has 0 saturated heterocycles. The summed E-state index contributed by atoms with van der Waals surface area (Å²) in [5.74, 6) is 0.753. The van der Waals surface area contributed by atoms with Crippen molar-refractivity contribution in [1.29, 1.82) is 0 Å². The van der Waals surface area contributed by atoms with Crippen LogP contribution < -0.4 is 4.74 Å². The number of nitrogens with zero attached hydrogens (tertiary/aromatic N) is 2. The summed E-state index contributed by atoms with van der Waals surface area (Å²) in [5.41, 5.74) is 2.72. The van der Waals surface area contributed by atoms with Crippen molar-refractivity contribution in [2.75, 3.05) is 7.11 Å². The maximum atomic E-state index is 6.12. The van der Waals surface area contributed by atoms with Gasteiger partial charge in [0.15, 0.2) is 5.15 Å². The van der Waals surface area contributed by atoms with Crippen LogP contribution in [-0.2, 0) is 0 Å². The van der Waals surface area contributed by atoms with Gasteiger partial charge >= 0.3 is 0 Å². The Morgan fingerprint density at radius 3 is 2.52 bits per heavy atom. The Morgan fingerprint density at radius 1 is 0.952 bits per heavy atom. The van der Waals surface area contributed by atoms with Crippen molar-refractivity contribution >= 4 is 34.0 Å². The van der Waals surface area contributed by atoms with E-state index in [1.165, 1.54) is 0 Å². The molecule has 21 heavy (non-hydrogen) atoms. The number of halogens is 2. The number of aryl methyl sites for hydroxylation is 1. The second-order valence-electron chi connectivity index (χ2n) is 4.73. The van der Waals surface area contributed by atoms with Gasteiger partial charge in [-0.05, 0) is 36.8 Å². The lowest BCUT2D eigenvalue weighted by Gasteiger charge is -2.11. The first-order valence-corrected chi connectivity index (χ1v) is 7.12. The summed E-state index contributed by atoms with van der Waals surface area (Å²) in [5, 5.41) is 10.9. The molecule has 1 aromatic heterocycles. The molecule has 1 heterocycles. The van der Waals surface area contributed by atoms with Crippen LogP contribution in [0.2, 0.25) is 10.2 Å².